The number of anilines is 3. The lowest BCUT2D eigenvalue weighted by atomic mass is 9.82. The minimum atomic E-state index is -0.287. The van der Waals surface area contributed by atoms with Crippen molar-refractivity contribution in [2.24, 2.45) is 0 Å². The van der Waals surface area contributed by atoms with Crippen LogP contribution >= 0.6 is 0 Å². The van der Waals surface area contributed by atoms with Gasteiger partial charge in [0.15, 0.2) is 0 Å². The standard InChI is InChI=1S/C48H38FN3/c1-47(2)30-48(3,4)44-26-34(17-20-43(44)47)35-22-31(29-50)23-40(25-35)52-45-15-8-7-14-41(45)42-28-39(19-21-46(42)52)51(37-13-9-12-36(49)27-37)38-18-16-32-10-5-6-11-33(32)24-38/h5-28H,30H2,1-4H3. The van der Waals surface area contributed by atoms with E-state index in [0.29, 0.717) is 5.56 Å². The third kappa shape index (κ3) is 5.16. The van der Waals surface area contributed by atoms with E-state index < -0.39 is 0 Å². The molecule has 3 nitrogen and oxygen atoms in total. The van der Waals surface area contributed by atoms with Crippen molar-refractivity contribution in [3.05, 3.63) is 168 Å². The van der Waals surface area contributed by atoms with Gasteiger partial charge in [0.1, 0.15) is 5.82 Å². The molecular formula is C48H38FN3. The molecule has 1 aliphatic rings. The van der Waals surface area contributed by atoms with Crippen LogP contribution in [0.25, 0.3) is 49.4 Å². The second-order valence-corrected chi connectivity index (χ2v) is 15.5. The van der Waals surface area contributed by atoms with E-state index in [-0.39, 0.29) is 16.6 Å². The maximum absolute atomic E-state index is 14.8. The zero-order chi connectivity index (χ0) is 35.8. The second-order valence-electron chi connectivity index (χ2n) is 15.5. The normalized spacial score (nSPS) is 14.5. The van der Waals surface area contributed by atoms with Crippen LogP contribution in [-0.4, -0.2) is 4.57 Å². The number of benzene rings is 7. The van der Waals surface area contributed by atoms with Crippen LogP contribution in [0.15, 0.2) is 146 Å². The van der Waals surface area contributed by atoms with Crippen LogP contribution in [0.2, 0.25) is 0 Å². The van der Waals surface area contributed by atoms with Crippen molar-refractivity contribution >= 4 is 49.6 Å². The van der Waals surface area contributed by atoms with E-state index in [1.165, 1.54) is 17.2 Å². The number of halogens is 1. The van der Waals surface area contributed by atoms with Crippen LogP contribution in [-0.2, 0) is 10.8 Å². The lowest BCUT2D eigenvalue weighted by Crippen LogP contribution is -2.17. The van der Waals surface area contributed by atoms with Crippen molar-refractivity contribution in [1.29, 1.82) is 5.26 Å². The molecule has 1 aromatic heterocycles. The highest BCUT2D eigenvalue weighted by Crippen LogP contribution is 2.50. The van der Waals surface area contributed by atoms with Gasteiger partial charge < -0.3 is 9.47 Å². The Morgan fingerprint density at radius 2 is 1.29 bits per heavy atom. The molecule has 0 radical (unpaired) electrons. The first kappa shape index (κ1) is 31.8. The number of hydrogen-bond donors (Lipinski definition) is 0. The lowest BCUT2D eigenvalue weighted by molar-refractivity contribution is 0.403. The summed E-state index contributed by atoms with van der Waals surface area (Å²) < 4.78 is 17.0. The molecule has 0 N–H and O–H groups in total. The molecule has 52 heavy (non-hydrogen) atoms. The quantitative estimate of drug-likeness (QED) is 0.182. The molecule has 0 unspecified atom stereocenters. The Balaban J connectivity index is 1.23. The third-order valence-electron chi connectivity index (χ3n) is 11.0. The lowest BCUT2D eigenvalue weighted by Gasteiger charge is -2.26. The van der Waals surface area contributed by atoms with E-state index in [0.717, 1.165) is 72.9 Å². The van der Waals surface area contributed by atoms with Gasteiger partial charge in [-0.3, -0.25) is 0 Å². The summed E-state index contributed by atoms with van der Waals surface area (Å²) in [7, 11) is 0. The minimum absolute atomic E-state index is 0.0707. The molecule has 0 fully saturated rings. The molecule has 0 saturated carbocycles. The van der Waals surface area contributed by atoms with Gasteiger partial charge in [0.25, 0.3) is 0 Å². The Morgan fingerprint density at radius 1 is 0.577 bits per heavy atom. The molecule has 0 aliphatic heterocycles. The summed E-state index contributed by atoms with van der Waals surface area (Å²) in [5, 5.41) is 14.7. The monoisotopic (exact) mass is 675 g/mol. The SMILES string of the molecule is CC1(C)CC(C)(C)c2cc(-c3cc(C#N)cc(-n4c5ccccc5c5cc(N(c6cccc(F)c6)c6ccc7ccccc7c6)ccc54)c3)ccc21. The van der Waals surface area contributed by atoms with Crippen LogP contribution in [0.5, 0.6) is 0 Å². The fourth-order valence-corrected chi connectivity index (χ4v) is 8.90. The van der Waals surface area contributed by atoms with Crippen molar-refractivity contribution in [3.63, 3.8) is 0 Å². The Kier molecular flexibility index (Phi) is 7.14. The van der Waals surface area contributed by atoms with E-state index in [4.69, 9.17) is 0 Å². The largest absolute Gasteiger partial charge is 0.310 e. The van der Waals surface area contributed by atoms with Crippen molar-refractivity contribution < 1.29 is 4.39 Å². The fraction of sp³-hybridized carbons (Fsp3) is 0.146. The average Bonchev–Trinajstić information content (AvgIpc) is 3.57. The van der Waals surface area contributed by atoms with Crippen LogP contribution in [0.1, 0.15) is 50.8 Å². The average molecular weight is 676 g/mol. The van der Waals surface area contributed by atoms with E-state index in [2.05, 4.69) is 140 Å². The van der Waals surface area contributed by atoms with Crippen LogP contribution in [0, 0.1) is 17.1 Å². The summed E-state index contributed by atoms with van der Waals surface area (Å²) in [6.45, 7) is 9.34. The second kappa shape index (κ2) is 11.7. The molecule has 1 heterocycles. The van der Waals surface area contributed by atoms with Crippen molar-refractivity contribution in [2.45, 2.75) is 44.9 Å². The Morgan fingerprint density at radius 3 is 2.12 bits per heavy atom. The van der Waals surface area contributed by atoms with Gasteiger partial charge in [0, 0.05) is 33.5 Å². The van der Waals surface area contributed by atoms with Gasteiger partial charge in [-0.2, -0.15) is 5.26 Å². The summed E-state index contributed by atoms with van der Waals surface area (Å²) in [6.07, 6.45) is 1.10. The predicted octanol–water partition coefficient (Wildman–Crippen LogP) is 13.0. The number of nitriles is 1. The minimum Gasteiger partial charge on any atom is -0.310 e. The van der Waals surface area contributed by atoms with Crippen LogP contribution < -0.4 is 4.90 Å². The van der Waals surface area contributed by atoms with Crippen LogP contribution in [0.4, 0.5) is 21.5 Å². The van der Waals surface area contributed by atoms with Crippen molar-refractivity contribution in [3.8, 4) is 22.9 Å². The molecule has 0 spiro atoms. The number of hydrogen-bond acceptors (Lipinski definition) is 2. The molecule has 0 bridgehead atoms. The number of nitrogens with zero attached hydrogens (tertiary/aromatic N) is 3. The molecule has 1 aliphatic carbocycles. The zero-order valence-corrected chi connectivity index (χ0v) is 29.8. The fourth-order valence-electron chi connectivity index (χ4n) is 8.90. The molecular weight excluding hydrogens is 638 g/mol. The Labute approximate surface area is 303 Å². The van der Waals surface area contributed by atoms with E-state index in [1.807, 2.05) is 30.3 Å². The maximum Gasteiger partial charge on any atom is 0.125 e. The van der Waals surface area contributed by atoms with Gasteiger partial charge in [-0.1, -0.05) is 100 Å². The highest BCUT2D eigenvalue weighted by molar-refractivity contribution is 6.11. The summed E-state index contributed by atoms with van der Waals surface area (Å²) in [4.78, 5) is 2.12. The molecule has 0 atom stereocenters. The molecule has 0 saturated heterocycles. The van der Waals surface area contributed by atoms with E-state index >= 15 is 0 Å². The van der Waals surface area contributed by atoms with Gasteiger partial charge in [0.05, 0.1) is 22.7 Å². The summed E-state index contributed by atoms with van der Waals surface area (Å²) in [6, 6.07) is 51.8. The molecule has 9 rings (SSSR count). The van der Waals surface area contributed by atoms with Crippen molar-refractivity contribution in [2.75, 3.05) is 4.90 Å². The van der Waals surface area contributed by atoms with Gasteiger partial charge in [-0.15, -0.1) is 0 Å². The summed E-state index contributed by atoms with van der Waals surface area (Å²) in [5.41, 5.74) is 11.4. The third-order valence-corrected chi connectivity index (χ3v) is 11.0. The summed E-state index contributed by atoms with van der Waals surface area (Å²) >= 11 is 0. The molecule has 8 aromatic rings. The number of aromatic nitrogens is 1. The maximum atomic E-state index is 14.8. The summed E-state index contributed by atoms with van der Waals surface area (Å²) in [5.74, 6) is -0.287. The first-order valence-corrected chi connectivity index (χ1v) is 17.9. The Hall–Kier alpha value is -6.18. The highest BCUT2D eigenvalue weighted by Gasteiger charge is 2.41. The molecule has 252 valence electrons. The van der Waals surface area contributed by atoms with Gasteiger partial charge >= 0.3 is 0 Å². The molecule has 4 heteroatoms. The first-order valence-electron chi connectivity index (χ1n) is 17.9. The zero-order valence-electron chi connectivity index (χ0n) is 29.8. The van der Waals surface area contributed by atoms with Crippen molar-refractivity contribution in [1.82, 2.24) is 4.57 Å². The highest BCUT2D eigenvalue weighted by atomic mass is 19.1. The number of fused-ring (bicyclic) bond motifs is 5. The number of rotatable bonds is 5. The van der Waals surface area contributed by atoms with Crippen LogP contribution in [0.3, 0.4) is 0 Å². The topological polar surface area (TPSA) is 32.0 Å². The van der Waals surface area contributed by atoms with Gasteiger partial charge in [0.2, 0.25) is 0 Å². The number of para-hydroxylation sites is 1. The smallest absolute Gasteiger partial charge is 0.125 e. The Bertz CT molecular complexity index is 2760. The van der Waals surface area contributed by atoms with E-state index in [9.17, 15) is 9.65 Å². The predicted molar refractivity (Wildman–Crippen MR) is 214 cm³/mol. The van der Waals surface area contributed by atoms with Gasteiger partial charge in [-0.05, 0) is 123 Å². The van der Waals surface area contributed by atoms with E-state index in [1.54, 1.807) is 12.1 Å². The molecule has 7 aromatic carbocycles. The molecule has 0 amide bonds. The first-order chi connectivity index (χ1) is 25.1. The van der Waals surface area contributed by atoms with Gasteiger partial charge in [-0.25, -0.2) is 4.39 Å².